The van der Waals surface area contributed by atoms with Crippen molar-refractivity contribution in [2.45, 2.75) is 45.8 Å². The fraction of sp³-hybridized carbons (Fsp3) is 0.318. The van der Waals surface area contributed by atoms with Crippen LogP contribution in [0.25, 0.3) is 11.4 Å². The molecule has 0 aliphatic heterocycles. The first kappa shape index (κ1) is 21.3. The number of carbonyl (C=O) groups excluding carboxylic acids is 1. The van der Waals surface area contributed by atoms with Crippen LogP contribution in [-0.4, -0.2) is 26.4 Å². The lowest BCUT2D eigenvalue weighted by Gasteiger charge is -2.11. The van der Waals surface area contributed by atoms with Gasteiger partial charge in [-0.2, -0.15) is 0 Å². The van der Waals surface area contributed by atoms with E-state index in [1.807, 2.05) is 42.7 Å². The lowest BCUT2D eigenvalue weighted by atomic mass is 10.1. The van der Waals surface area contributed by atoms with Crippen molar-refractivity contribution < 1.29 is 4.79 Å². The SMILES string of the molecule is C=CCn1c(SCC(=O)Nc2cccc(C)c2C)nnc1-c1csc(C)c1CC. The van der Waals surface area contributed by atoms with E-state index in [-0.39, 0.29) is 11.7 Å². The Kier molecular flexibility index (Phi) is 6.92. The number of hydrogen-bond donors (Lipinski definition) is 1. The topological polar surface area (TPSA) is 59.8 Å². The zero-order chi connectivity index (χ0) is 21.0. The van der Waals surface area contributed by atoms with Gasteiger partial charge < -0.3 is 5.32 Å². The fourth-order valence-electron chi connectivity index (χ4n) is 3.20. The van der Waals surface area contributed by atoms with Crippen LogP contribution in [0.15, 0.2) is 41.4 Å². The molecule has 3 aromatic rings. The number of benzene rings is 1. The van der Waals surface area contributed by atoms with E-state index >= 15 is 0 Å². The summed E-state index contributed by atoms with van der Waals surface area (Å²) in [4.78, 5) is 13.8. The zero-order valence-corrected chi connectivity index (χ0v) is 18.9. The van der Waals surface area contributed by atoms with Crippen LogP contribution in [0.2, 0.25) is 0 Å². The Hall–Kier alpha value is -2.38. The minimum Gasteiger partial charge on any atom is -0.325 e. The summed E-state index contributed by atoms with van der Waals surface area (Å²) in [5.41, 5.74) is 5.52. The quantitative estimate of drug-likeness (QED) is 0.386. The Balaban J connectivity index is 1.77. The van der Waals surface area contributed by atoms with Crippen molar-refractivity contribution in [3.63, 3.8) is 0 Å². The summed E-state index contributed by atoms with van der Waals surface area (Å²) in [5.74, 6) is 1.05. The van der Waals surface area contributed by atoms with Crippen LogP contribution in [0, 0.1) is 20.8 Å². The van der Waals surface area contributed by atoms with E-state index in [9.17, 15) is 4.79 Å². The molecule has 1 aromatic carbocycles. The van der Waals surface area contributed by atoms with E-state index < -0.39 is 0 Å². The number of hydrogen-bond acceptors (Lipinski definition) is 5. The summed E-state index contributed by atoms with van der Waals surface area (Å²) in [6.45, 7) is 12.8. The van der Waals surface area contributed by atoms with Crippen LogP contribution in [-0.2, 0) is 17.8 Å². The number of carbonyl (C=O) groups is 1. The molecule has 0 aliphatic carbocycles. The number of anilines is 1. The number of aromatic nitrogens is 3. The van der Waals surface area contributed by atoms with Gasteiger partial charge in [0.15, 0.2) is 11.0 Å². The van der Waals surface area contributed by atoms with E-state index in [1.165, 1.54) is 22.2 Å². The van der Waals surface area contributed by atoms with Gasteiger partial charge in [-0.3, -0.25) is 9.36 Å². The lowest BCUT2D eigenvalue weighted by molar-refractivity contribution is -0.113. The van der Waals surface area contributed by atoms with Crippen LogP contribution < -0.4 is 5.32 Å². The van der Waals surface area contributed by atoms with Crippen molar-refractivity contribution in [3.8, 4) is 11.4 Å². The molecule has 0 radical (unpaired) electrons. The number of thiophene rings is 1. The third kappa shape index (κ3) is 4.62. The molecule has 0 unspecified atom stereocenters. The van der Waals surface area contributed by atoms with Crippen LogP contribution >= 0.6 is 23.1 Å². The molecule has 29 heavy (non-hydrogen) atoms. The van der Waals surface area contributed by atoms with Gasteiger partial charge in [-0.1, -0.05) is 36.9 Å². The number of amides is 1. The van der Waals surface area contributed by atoms with Gasteiger partial charge in [0.2, 0.25) is 5.91 Å². The molecular formula is C22H26N4OS2. The Morgan fingerprint density at radius 1 is 1.31 bits per heavy atom. The average Bonchev–Trinajstić information content (AvgIpc) is 3.26. The standard InChI is InChI=1S/C22H26N4OS2/c1-6-11-26-21(18-12-28-16(5)17(18)7-2)24-25-22(26)29-13-20(27)23-19-10-8-9-14(3)15(19)4/h6,8-10,12H,1,7,11,13H2,2-5H3,(H,23,27). The van der Waals surface area contributed by atoms with Gasteiger partial charge in [-0.25, -0.2) is 0 Å². The number of nitrogens with zero attached hydrogens (tertiary/aromatic N) is 3. The highest BCUT2D eigenvalue weighted by atomic mass is 32.2. The molecule has 0 aliphatic rings. The molecular weight excluding hydrogens is 400 g/mol. The smallest absolute Gasteiger partial charge is 0.234 e. The van der Waals surface area contributed by atoms with Crippen molar-refractivity contribution >= 4 is 34.7 Å². The summed E-state index contributed by atoms with van der Waals surface area (Å²) in [5, 5.41) is 14.7. The molecule has 152 valence electrons. The summed E-state index contributed by atoms with van der Waals surface area (Å²) in [6, 6.07) is 5.91. The predicted molar refractivity (Wildman–Crippen MR) is 123 cm³/mol. The third-order valence-electron chi connectivity index (χ3n) is 4.94. The molecule has 1 amide bonds. The summed E-state index contributed by atoms with van der Waals surface area (Å²) in [7, 11) is 0. The molecule has 2 heterocycles. The van der Waals surface area contributed by atoms with Gasteiger partial charge in [0, 0.05) is 28.1 Å². The first-order valence-electron chi connectivity index (χ1n) is 9.56. The summed E-state index contributed by atoms with van der Waals surface area (Å²) < 4.78 is 2.03. The second kappa shape index (κ2) is 9.41. The maximum Gasteiger partial charge on any atom is 0.234 e. The molecule has 0 fully saturated rings. The van der Waals surface area contributed by atoms with Crippen LogP contribution in [0.5, 0.6) is 0 Å². The van der Waals surface area contributed by atoms with Gasteiger partial charge in [0.1, 0.15) is 0 Å². The van der Waals surface area contributed by atoms with Gasteiger partial charge in [0.05, 0.1) is 5.75 Å². The first-order chi connectivity index (χ1) is 14.0. The van der Waals surface area contributed by atoms with E-state index in [0.717, 1.165) is 39.8 Å². The molecule has 0 saturated heterocycles. The van der Waals surface area contributed by atoms with Gasteiger partial charge in [0.25, 0.3) is 0 Å². The molecule has 0 saturated carbocycles. The zero-order valence-electron chi connectivity index (χ0n) is 17.3. The second-order valence-corrected chi connectivity index (χ2v) is 8.85. The Morgan fingerprint density at radius 2 is 2.10 bits per heavy atom. The monoisotopic (exact) mass is 426 g/mol. The van der Waals surface area contributed by atoms with E-state index in [1.54, 1.807) is 11.3 Å². The average molecular weight is 427 g/mol. The molecule has 2 aromatic heterocycles. The number of aryl methyl sites for hydroxylation is 2. The highest BCUT2D eigenvalue weighted by Crippen LogP contribution is 2.32. The molecule has 0 bridgehead atoms. The van der Waals surface area contributed by atoms with Gasteiger partial charge >= 0.3 is 0 Å². The third-order valence-corrected chi connectivity index (χ3v) is 6.86. The minimum atomic E-state index is -0.0565. The van der Waals surface area contributed by atoms with Crippen molar-refractivity contribution in [3.05, 3.63) is 57.8 Å². The highest BCUT2D eigenvalue weighted by Gasteiger charge is 2.19. The van der Waals surface area contributed by atoms with Crippen LogP contribution in [0.3, 0.4) is 0 Å². The maximum atomic E-state index is 12.5. The van der Waals surface area contributed by atoms with E-state index in [4.69, 9.17) is 0 Å². The van der Waals surface area contributed by atoms with E-state index in [0.29, 0.717) is 6.54 Å². The number of nitrogens with one attached hydrogen (secondary N) is 1. The minimum absolute atomic E-state index is 0.0565. The Morgan fingerprint density at radius 3 is 2.83 bits per heavy atom. The molecule has 3 rings (SSSR count). The second-order valence-electron chi connectivity index (χ2n) is 6.83. The van der Waals surface area contributed by atoms with Gasteiger partial charge in [-0.15, -0.1) is 28.1 Å². The van der Waals surface area contributed by atoms with Crippen LogP contribution in [0.4, 0.5) is 5.69 Å². The lowest BCUT2D eigenvalue weighted by Crippen LogP contribution is -2.15. The number of rotatable bonds is 8. The normalized spacial score (nSPS) is 10.9. The number of allylic oxidation sites excluding steroid dienone is 1. The highest BCUT2D eigenvalue weighted by molar-refractivity contribution is 7.99. The molecule has 1 N–H and O–H groups in total. The van der Waals surface area contributed by atoms with E-state index in [2.05, 4.69) is 41.3 Å². The first-order valence-corrected chi connectivity index (χ1v) is 11.4. The van der Waals surface area contributed by atoms with Crippen molar-refractivity contribution in [2.75, 3.05) is 11.1 Å². The molecule has 5 nitrogen and oxygen atoms in total. The summed E-state index contributed by atoms with van der Waals surface area (Å²) >= 11 is 3.12. The molecule has 7 heteroatoms. The van der Waals surface area contributed by atoms with Crippen LogP contribution in [0.1, 0.15) is 28.5 Å². The largest absolute Gasteiger partial charge is 0.325 e. The summed E-state index contributed by atoms with van der Waals surface area (Å²) in [6.07, 6.45) is 2.78. The number of thioether (sulfide) groups is 1. The molecule has 0 atom stereocenters. The van der Waals surface area contributed by atoms with Gasteiger partial charge in [-0.05, 0) is 49.9 Å². The van der Waals surface area contributed by atoms with Crippen molar-refractivity contribution in [1.29, 1.82) is 0 Å². The Bertz CT molecular complexity index is 1040. The van der Waals surface area contributed by atoms with Crippen molar-refractivity contribution in [1.82, 2.24) is 14.8 Å². The predicted octanol–water partition coefficient (Wildman–Crippen LogP) is 5.41. The fourth-order valence-corrected chi connectivity index (χ4v) is 4.88. The Labute approximate surface area is 180 Å². The van der Waals surface area contributed by atoms with Crippen molar-refractivity contribution in [2.24, 2.45) is 0 Å². The molecule has 0 spiro atoms. The maximum absolute atomic E-state index is 12.5.